The SMILES string of the molecule is CC(C)C[C@H](NC(=O)[C@@H](N)CC(C)C)C(=O)N1CCC[C@@H]1C(=O)O. The summed E-state index contributed by atoms with van der Waals surface area (Å²) < 4.78 is 0. The van der Waals surface area contributed by atoms with Crippen LogP contribution in [0.5, 0.6) is 0 Å². The second kappa shape index (κ2) is 9.01. The summed E-state index contributed by atoms with van der Waals surface area (Å²) in [6.45, 7) is 8.29. The van der Waals surface area contributed by atoms with E-state index in [9.17, 15) is 19.5 Å². The number of carbonyl (C=O) groups excluding carboxylic acids is 2. The van der Waals surface area contributed by atoms with Gasteiger partial charge in [0, 0.05) is 6.54 Å². The van der Waals surface area contributed by atoms with Gasteiger partial charge in [0.1, 0.15) is 12.1 Å². The monoisotopic (exact) mass is 341 g/mol. The van der Waals surface area contributed by atoms with E-state index < -0.39 is 24.1 Å². The molecular formula is C17H31N3O4. The van der Waals surface area contributed by atoms with Crippen LogP contribution in [0, 0.1) is 11.8 Å². The molecule has 0 unspecified atom stereocenters. The van der Waals surface area contributed by atoms with Gasteiger partial charge in [-0.2, -0.15) is 0 Å². The lowest BCUT2D eigenvalue weighted by Gasteiger charge is -2.29. The van der Waals surface area contributed by atoms with E-state index >= 15 is 0 Å². The molecule has 0 saturated carbocycles. The van der Waals surface area contributed by atoms with Crippen molar-refractivity contribution in [2.24, 2.45) is 17.6 Å². The van der Waals surface area contributed by atoms with Gasteiger partial charge in [0.15, 0.2) is 0 Å². The average molecular weight is 341 g/mol. The van der Waals surface area contributed by atoms with E-state index in [-0.39, 0.29) is 23.7 Å². The molecule has 0 aromatic heterocycles. The highest BCUT2D eigenvalue weighted by atomic mass is 16.4. The summed E-state index contributed by atoms with van der Waals surface area (Å²) in [5.74, 6) is -1.20. The van der Waals surface area contributed by atoms with E-state index in [4.69, 9.17) is 5.73 Å². The lowest BCUT2D eigenvalue weighted by molar-refractivity contribution is -0.149. The summed E-state index contributed by atoms with van der Waals surface area (Å²) in [7, 11) is 0. The number of nitrogens with zero attached hydrogens (tertiary/aromatic N) is 1. The molecule has 1 saturated heterocycles. The van der Waals surface area contributed by atoms with Crippen molar-refractivity contribution >= 4 is 17.8 Å². The number of nitrogens with one attached hydrogen (secondary N) is 1. The number of carboxylic acids is 1. The van der Waals surface area contributed by atoms with Gasteiger partial charge >= 0.3 is 5.97 Å². The molecule has 0 bridgehead atoms. The van der Waals surface area contributed by atoms with Crippen LogP contribution in [0.25, 0.3) is 0 Å². The first-order valence-electron chi connectivity index (χ1n) is 8.72. The van der Waals surface area contributed by atoms with Crippen molar-refractivity contribution < 1.29 is 19.5 Å². The average Bonchev–Trinajstić information content (AvgIpc) is 2.93. The second-order valence-corrected chi connectivity index (χ2v) is 7.45. The van der Waals surface area contributed by atoms with Crippen LogP contribution in [0.3, 0.4) is 0 Å². The van der Waals surface area contributed by atoms with Crippen molar-refractivity contribution in [2.75, 3.05) is 6.54 Å². The number of amides is 2. The fourth-order valence-corrected chi connectivity index (χ4v) is 3.07. The van der Waals surface area contributed by atoms with Gasteiger partial charge in [0.05, 0.1) is 6.04 Å². The minimum Gasteiger partial charge on any atom is -0.480 e. The number of aliphatic carboxylic acids is 1. The Kier molecular flexibility index (Phi) is 7.66. The zero-order valence-corrected chi connectivity index (χ0v) is 15.1. The Labute approximate surface area is 144 Å². The summed E-state index contributed by atoms with van der Waals surface area (Å²) in [6, 6.07) is -2.19. The highest BCUT2D eigenvalue weighted by Crippen LogP contribution is 2.20. The molecule has 0 aromatic rings. The lowest BCUT2D eigenvalue weighted by Crippen LogP contribution is -2.55. The van der Waals surface area contributed by atoms with E-state index in [1.807, 2.05) is 27.7 Å². The Hall–Kier alpha value is -1.63. The van der Waals surface area contributed by atoms with Crippen molar-refractivity contribution in [1.29, 1.82) is 0 Å². The fraction of sp³-hybridized carbons (Fsp3) is 0.824. The van der Waals surface area contributed by atoms with Gasteiger partial charge in [-0.05, 0) is 37.5 Å². The van der Waals surface area contributed by atoms with Gasteiger partial charge in [0.25, 0.3) is 0 Å². The van der Waals surface area contributed by atoms with Gasteiger partial charge < -0.3 is 21.1 Å². The van der Waals surface area contributed by atoms with Crippen LogP contribution in [0.1, 0.15) is 53.4 Å². The molecule has 1 aliphatic heterocycles. The smallest absolute Gasteiger partial charge is 0.326 e. The molecule has 0 aliphatic carbocycles. The van der Waals surface area contributed by atoms with E-state index in [0.717, 1.165) is 0 Å². The third kappa shape index (κ3) is 5.78. The molecule has 1 heterocycles. The van der Waals surface area contributed by atoms with Crippen LogP contribution in [-0.2, 0) is 14.4 Å². The Morgan fingerprint density at radius 3 is 2.25 bits per heavy atom. The first-order valence-corrected chi connectivity index (χ1v) is 8.72. The van der Waals surface area contributed by atoms with Crippen molar-refractivity contribution in [3.63, 3.8) is 0 Å². The molecule has 1 rings (SSSR count). The van der Waals surface area contributed by atoms with E-state index in [1.54, 1.807) is 0 Å². The predicted octanol–water partition coefficient (Wildman–Crippen LogP) is 0.966. The van der Waals surface area contributed by atoms with Crippen LogP contribution in [0.4, 0.5) is 0 Å². The number of hydrogen-bond donors (Lipinski definition) is 3. The maximum Gasteiger partial charge on any atom is 0.326 e. The quantitative estimate of drug-likeness (QED) is 0.609. The first kappa shape index (κ1) is 20.4. The zero-order chi connectivity index (χ0) is 18.4. The van der Waals surface area contributed by atoms with E-state index in [2.05, 4.69) is 5.32 Å². The minimum absolute atomic E-state index is 0.187. The van der Waals surface area contributed by atoms with Crippen LogP contribution < -0.4 is 11.1 Å². The number of carboxylic acid groups (broad SMARTS) is 1. The van der Waals surface area contributed by atoms with Gasteiger partial charge in [-0.3, -0.25) is 9.59 Å². The van der Waals surface area contributed by atoms with Gasteiger partial charge in [-0.1, -0.05) is 27.7 Å². The van der Waals surface area contributed by atoms with Gasteiger partial charge in [0.2, 0.25) is 11.8 Å². The van der Waals surface area contributed by atoms with E-state index in [0.29, 0.717) is 32.2 Å². The third-order valence-corrected chi connectivity index (χ3v) is 4.20. The van der Waals surface area contributed by atoms with Crippen LogP contribution in [0.2, 0.25) is 0 Å². The highest BCUT2D eigenvalue weighted by molar-refractivity contribution is 5.92. The van der Waals surface area contributed by atoms with Crippen LogP contribution in [0.15, 0.2) is 0 Å². The standard InChI is InChI=1S/C17H31N3O4/c1-10(2)8-12(18)15(21)19-13(9-11(3)4)16(22)20-7-5-6-14(20)17(23)24/h10-14H,5-9,18H2,1-4H3,(H,19,21)(H,23,24)/t12-,13-,14+/m0/s1. The molecule has 0 radical (unpaired) electrons. The normalized spacial score (nSPS) is 20.3. The molecule has 4 N–H and O–H groups in total. The largest absolute Gasteiger partial charge is 0.480 e. The van der Waals surface area contributed by atoms with Crippen LogP contribution >= 0.6 is 0 Å². The van der Waals surface area contributed by atoms with E-state index in [1.165, 1.54) is 4.90 Å². The van der Waals surface area contributed by atoms with Gasteiger partial charge in [-0.15, -0.1) is 0 Å². The summed E-state index contributed by atoms with van der Waals surface area (Å²) in [5, 5.41) is 12.0. The summed E-state index contributed by atoms with van der Waals surface area (Å²) in [6.07, 6.45) is 2.12. The van der Waals surface area contributed by atoms with Gasteiger partial charge in [-0.25, -0.2) is 4.79 Å². The van der Waals surface area contributed by atoms with Crippen molar-refractivity contribution in [2.45, 2.75) is 71.5 Å². The molecule has 138 valence electrons. The summed E-state index contributed by atoms with van der Waals surface area (Å²) >= 11 is 0. The van der Waals surface area contributed by atoms with Crippen molar-refractivity contribution in [3.05, 3.63) is 0 Å². The molecule has 7 heteroatoms. The number of nitrogens with two attached hydrogens (primary N) is 1. The molecule has 0 spiro atoms. The summed E-state index contributed by atoms with van der Waals surface area (Å²) in [5.41, 5.74) is 5.90. The molecule has 7 nitrogen and oxygen atoms in total. The zero-order valence-electron chi connectivity index (χ0n) is 15.1. The second-order valence-electron chi connectivity index (χ2n) is 7.45. The number of rotatable bonds is 8. The summed E-state index contributed by atoms with van der Waals surface area (Å²) in [4.78, 5) is 37.8. The number of carbonyl (C=O) groups is 3. The Bertz CT molecular complexity index is 465. The Morgan fingerprint density at radius 2 is 1.75 bits per heavy atom. The molecule has 1 aliphatic rings. The topological polar surface area (TPSA) is 113 Å². The Morgan fingerprint density at radius 1 is 1.17 bits per heavy atom. The fourth-order valence-electron chi connectivity index (χ4n) is 3.07. The predicted molar refractivity (Wildman–Crippen MR) is 91.2 cm³/mol. The van der Waals surface area contributed by atoms with Crippen LogP contribution in [-0.4, -0.2) is 52.5 Å². The highest BCUT2D eigenvalue weighted by Gasteiger charge is 2.38. The maximum atomic E-state index is 12.8. The first-order chi connectivity index (χ1) is 11.1. The maximum absolute atomic E-state index is 12.8. The Balaban J connectivity index is 2.82. The number of hydrogen-bond acceptors (Lipinski definition) is 4. The van der Waals surface area contributed by atoms with Crippen molar-refractivity contribution in [3.8, 4) is 0 Å². The minimum atomic E-state index is -0.994. The molecule has 0 aromatic carbocycles. The number of likely N-dealkylation sites (tertiary alicyclic amines) is 1. The molecule has 3 atom stereocenters. The molecule has 2 amide bonds. The third-order valence-electron chi connectivity index (χ3n) is 4.20. The molecule has 24 heavy (non-hydrogen) atoms. The van der Waals surface area contributed by atoms with Crippen molar-refractivity contribution in [1.82, 2.24) is 10.2 Å². The lowest BCUT2D eigenvalue weighted by atomic mass is 10.00. The molecular weight excluding hydrogens is 310 g/mol. The molecule has 1 fully saturated rings.